The van der Waals surface area contributed by atoms with Crippen LogP contribution in [0.5, 0.6) is 0 Å². The van der Waals surface area contributed by atoms with Gasteiger partial charge in [0.05, 0.1) is 0 Å². The minimum atomic E-state index is -0.548. The lowest BCUT2D eigenvalue weighted by molar-refractivity contribution is 1.22. The lowest BCUT2D eigenvalue weighted by Crippen LogP contribution is -2.13. The molecule has 2 aliphatic carbocycles. The first kappa shape index (κ1) is 15.1. The van der Waals surface area contributed by atoms with Crippen LogP contribution in [-0.4, -0.2) is 0 Å². The molecule has 0 radical (unpaired) electrons. The largest absolute Gasteiger partial charge is 0.0622 e. The molecule has 24 heavy (non-hydrogen) atoms. The van der Waals surface area contributed by atoms with E-state index >= 15 is 0 Å². The molecule has 0 heterocycles. The molecule has 0 atom stereocenters. The van der Waals surface area contributed by atoms with Gasteiger partial charge in [0.15, 0.2) is 0 Å². The van der Waals surface area contributed by atoms with Gasteiger partial charge in [-0.25, -0.2) is 0 Å². The Kier molecular flexibility index (Phi) is 4.40. The fourth-order valence-corrected chi connectivity index (χ4v) is 5.62. The standard InChI is InChI=1S/C23H19P/c1-3-13-21(14-4-1)24(22-15-5-2-6-16-22)23-17-9-11-19-10-7-8-12-20(23)18-19/h1-17H,18H2. The van der Waals surface area contributed by atoms with Crippen LogP contribution in [0.2, 0.25) is 0 Å². The normalized spacial score (nSPS) is 16.1. The van der Waals surface area contributed by atoms with Gasteiger partial charge in [-0.1, -0.05) is 103 Å². The van der Waals surface area contributed by atoms with Gasteiger partial charge in [-0.15, -0.1) is 0 Å². The second kappa shape index (κ2) is 6.99. The second-order valence-electron chi connectivity index (χ2n) is 5.91. The molecule has 2 bridgehead atoms. The fraction of sp³-hybridized carbons (Fsp3) is 0.0435. The number of hydrogen-bond acceptors (Lipinski definition) is 0. The number of rotatable bonds is 3. The first-order valence-corrected chi connectivity index (χ1v) is 9.61. The molecule has 2 aliphatic rings. The molecule has 0 saturated heterocycles. The van der Waals surface area contributed by atoms with Crippen molar-refractivity contribution in [1.29, 1.82) is 0 Å². The lowest BCUT2D eigenvalue weighted by Gasteiger charge is -2.23. The topological polar surface area (TPSA) is 0 Å². The molecule has 2 aromatic carbocycles. The zero-order valence-electron chi connectivity index (χ0n) is 13.5. The molecule has 0 N–H and O–H groups in total. The van der Waals surface area contributed by atoms with Gasteiger partial charge in [0.2, 0.25) is 0 Å². The van der Waals surface area contributed by atoms with E-state index < -0.39 is 7.92 Å². The molecule has 0 amide bonds. The van der Waals surface area contributed by atoms with Crippen molar-refractivity contribution in [2.45, 2.75) is 6.42 Å². The Hall–Kier alpha value is -2.43. The summed E-state index contributed by atoms with van der Waals surface area (Å²) >= 11 is 0. The summed E-state index contributed by atoms with van der Waals surface area (Å²) in [5.74, 6) is 0. The highest BCUT2D eigenvalue weighted by Crippen LogP contribution is 2.49. The van der Waals surface area contributed by atoms with Gasteiger partial charge >= 0.3 is 0 Å². The van der Waals surface area contributed by atoms with Gasteiger partial charge in [0.1, 0.15) is 0 Å². The molecule has 116 valence electrons. The van der Waals surface area contributed by atoms with E-state index in [1.807, 2.05) is 0 Å². The van der Waals surface area contributed by atoms with Crippen molar-refractivity contribution in [3.63, 3.8) is 0 Å². The third-order valence-corrected chi connectivity index (χ3v) is 6.82. The smallest absolute Gasteiger partial charge is 0.00192 e. The minimum Gasteiger partial charge on any atom is -0.0622 e. The summed E-state index contributed by atoms with van der Waals surface area (Å²) in [5.41, 5.74) is 2.80. The third kappa shape index (κ3) is 3.11. The van der Waals surface area contributed by atoms with Crippen LogP contribution in [0.1, 0.15) is 6.42 Å². The van der Waals surface area contributed by atoms with Crippen molar-refractivity contribution in [1.82, 2.24) is 0 Å². The van der Waals surface area contributed by atoms with Crippen LogP contribution in [0.4, 0.5) is 0 Å². The van der Waals surface area contributed by atoms with E-state index in [1.165, 1.54) is 27.1 Å². The Labute approximate surface area is 145 Å². The Balaban J connectivity index is 1.86. The lowest BCUT2D eigenvalue weighted by atomic mass is 10.1. The predicted molar refractivity (Wildman–Crippen MR) is 106 cm³/mol. The van der Waals surface area contributed by atoms with E-state index in [2.05, 4.69) is 103 Å². The molecule has 0 unspecified atom stereocenters. The molecule has 0 spiro atoms. The summed E-state index contributed by atoms with van der Waals surface area (Å²) in [5, 5.41) is 4.26. The van der Waals surface area contributed by atoms with E-state index in [1.54, 1.807) is 0 Å². The van der Waals surface area contributed by atoms with Crippen molar-refractivity contribution >= 4 is 18.5 Å². The molecular weight excluding hydrogens is 307 g/mol. The van der Waals surface area contributed by atoms with Crippen molar-refractivity contribution in [3.8, 4) is 0 Å². The van der Waals surface area contributed by atoms with Crippen LogP contribution >= 0.6 is 7.92 Å². The quantitative estimate of drug-likeness (QED) is 0.664. The van der Waals surface area contributed by atoms with Gasteiger partial charge in [-0.05, 0) is 41.4 Å². The van der Waals surface area contributed by atoms with Crippen LogP contribution in [0.25, 0.3) is 0 Å². The Morgan fingerprint density at radius 3 is 1.92 bits per heavy atom. The SMILES string of the molecule is C1=CC=C2CC(=C1)C=CC=C2P(c1ccccc1)c1ccccc1. The van der Waals surface area contributed by atoms with Gasteiger partial charge in [-0.3, -0.25) is 0 Å². The summed E-state index contributed by atoms with van der Waals surface area (Å²) in [6.45, 7) is 0. The number of allylic oxidation sites excluding steroid dienone is 10. The molecule has 0 aromatic heterocycles. The number of hydrogen-bond donors (Lipinski definition) is 0. The zero-order valence-corrected chi connectivity index (χ0v) is 14.4. The first-order valence-electron chi connectivity index (χ1n) is 8.27. The Morgan fingerprint density at radius 1 is 0.625 bits per heavy atom. The average molecular weight is 326 g/mol. The van der Waals surface area contributed by atoms with E-state index in [9.17, 15) is 0 Å². The Morgan fingerprint density at radius 2 is 1.25 bits per heavy atom. The summed E-state index contributed by atoms with van der Waals surface area (Å²) in [7, 11) is -0.548. The number of benzene rings is 2. The van der Waals surface area contributed by atoms with Gasteiger partial charge in [0.25, 0.3) is 0 Å². The van der Waals surface area contributed by atoms with Crippen molar-refractivity contribution in [2.24, 2.45) is 0 Å². The summed E-state index contributed by atoms with van der Waals surface area (Å²) in [6.07, 6.45) is 16.6. The third-order valence-electron chi connectivity index (χ3n) is 4.28. The van der Waals surface area contributed by atoms with Crippen LogP contribution in [0.15, 0.2) is 120 Å². The number of fused-ring (bicyclic) bond motifs is 2. The minimum absolute atomic E-state index is 0.548. The second-order valence-corrected chi connectivity index (χ2v) is 8.10. The maximum absolute atomic E-state index is 2.32. The highest BCUT2D eigenvalue weighted by molar-refractivity contribution is 7.77. The molecule has 1 heteroatoms. The highest BCUT2D eigenvalue weighted by Gasteiger charge is 2.22. The van der Waals surface area contributed by atoms with Crippen LogP contribution in [0, 0.1) is 0 Å². The maximum Gasteiger partial charge on any atom is -0.00192 e. The molecule has 0 aliphatic heterocycles. The zero-order chi connectivity index (χ0) is 16.2. The van der Waals surface area contributed by atoms with Crippen LogP contribution < -0.4 is 10.6 Å². The Bertz CT molecular complexity index is 825. The maximum atomic E-state index is 2.32. The molecular formula is C23H19P. The van der Waals surface area contributed by atoms with Gasteiger partial charge < -0.3 is 0 Å². The van der Waals surface area contributed by atoms with Crippen LogP contribution in [-0.2, 0) is 0 Å². The average Bonchev–Trinajstić information content (AvgIpc) is 2.99. The fourth-order valence-electron chi connectivity index (χ4n) is 3.15. The first-order chi connectivity index (χ1) is 11.9. The summed E-state index contributed by atoms with van der Waals surface area (Å²) < 4.78 is 0. The van der Waals surface area contributed by atoms with Crippen molar-refractivity contribution < 1.29 is 0 Å². The van der Waals surface area contributed by atoms with Crippen molar-refractivity contribution in [2.75, 3.05) is 0 Å². The monoisotopic (exact) mass is 326 g/mol. The molecule has 2 aromatic rings. The van der Waals surface area contributed by atoms with Gasteiger partial charge in [-0.2, -0.15) is 0 Å². The van der Waals surface area contributed by atoms with E-state index in [0.717, 1.165) is 6.42 Å². The highest BCUT2D eigenvalue weighted by atomic mass is 31.1. The molecule has 0 saturated carbocycles. The summed E-state index contributed by atoms with van der Waals surface area (Å²) in [6, 6.07) is 21.8. The molecule has 0 fully saturated rings. The predicted octanol–water partition coefficient (Wildman–Crippen LogP) is 5.39. The van der Waals surface area contributed by atoms with Crippen LogP contribution in [0.3, 0.4) is 0 Å². The van der Waals surface area contributed by atoms with E-state index in [4.69, 9.17) is 0 Å². The summed E-state index contributed by atoms with van der Waals surface area (Å²) in [4.78, 5) is 0. The molecule has 0 nitrogen and oxygen atoms in total. The van der Waals surface area contributed by atoms with E-state index in [0.29, 0.717) is 0 Å². The van der Waals surface area contributed by atoms with Gasteiger partial charge in [0, 0.05) is 0 Å². The van der Waals surface area contributed by atoms with E-state index in [-0.39, 0.29) is 0 Å². The molecule has 4 rings (SSSR count). The van der Waals surface area contributed by atoms with Crippen molar-refractivity contribution in [3.05, 3.63) is 120 Å².